The van der Waals surface area contributed by atoms with Crippen molar-refractivity contribution in [2.45, 2.75) is 52.6 Å². The molecular weight excluding hydrogens is 455 g/mol. The van der Waals surface area contributed by atoms with Crippen molar-refractivity contribution in [2.24, 2.45) is 23.0 Å². The molecule has 1 aliphatic carbocycles. The Morgan fingerprint density at radius 2 is 1.52 bits per heavy atom. The van der Waals surface area contributed by atoms with E-state index in [1.165, 1.54) is 0 Å². The maximum Gasteiger partial charge on any atom is 2.00 e. The number of hydrogen-bond acceptors (Lipinski definition) is 4. The first-order valence-electron chi connectivity index (χ1n) is 6.81. The number of carboxylic acids is 2. The molecule has 0 heterocycles. The van der Waals surface area contributed by atoms with E-state index >= 15 is 0 Å². The van der Waals surface area contributed by atoms with Crippen LogP contribution in [0, 0.1) is 17.3 Å². The van der Waals surface area contributed by atoms with Crippen molar-refractivity contribution in [3.8, 4) is 0 Å². The van der Waals surface area contributed by atoms with Gasteiger partial charge in [0, 0.05) is 11.6 Å². The number of carboxylic acid groups (broad SMARTS) is 2. The molecule has 0 aliphatic heterocycles. The first-order valence-corrected chi connectivity index (χ1v) is 6.81. The predicted molar refractivity (Wildman–Crippen MR) is 77.4 cm³/mol. The van der Waals surface area contributed by atoms with Gasteiger partial charge >= 0.3 is 33.0 Å². The summed E-state index contributed by atoms with van der Waals surface area (Å²) in [6.07, 6.45) is 1.12. The van der Waals surface area contributed by atoms with Crippen LogP contribution in [-0.4, -0.2) is 40.8 Å². The number of nitrogens with two attached hydrogens (primary N) is 1. The van der Waals surface area contributed by atoms with Crippen LogP contribution in [0.4, 0.5) is 0 Å². The molecule has 0 aromatic heterocycles. The van der Waals surface area contributed by atoms with Gasteiger partial charge in [0.25, 0.3) is 0 Å². The van der Waals surface area contributed by atoms with E-state index in [4.69, 9.17) is 25.5 Å². The summed E-state index contributed by atoms with van der Waals surface area (Å²) >= 11 is 0. The number of nitrogens with one attached hydrogen (secondary N) is 1. The number of rotatable bonds is 1. The SMILES string of the molecule is CN[C@]1(C)C(C)C(C)(C)C(C)C[C@H]1N.O=C(O)C(=O)O.[Pt+2]. The van der Waals surface area contributed by atoms with Crippen LogP contribution in [0.3, 0.4) is 0 Å². The minimum absolute atomic E-state index is 0. The van der Waals surface area contributed by atoms with Crippen molar-refractivity contribution < 1.29 is 40.9 Å². The zero-order chi connectivity index (χ0) is 16.3. The molecule has 2 unspecified atom stereocenters. The molecule has 1 saturated carbocycles. The number of aliphatic carboxylic acids is 2. The monoisotopic (exact) mass is 483 g/mol. The molecular formula is C14H28N2O4Pt+2. The third-order valence-electron chi connectivity index (χ3n) is 5.39. The van der Waals surface area contributed by atoms with Crippen molar-refractivity contribution in [1.82, 2.24) is 5.32 Å². The van der Waals surface area contributed by atoms with Gasteiger partial charge in [-0.3, -0.25) is 0 Å². The predicted octanol–water partition coefficient (Wildman–Crippen LogP) is 1.15. The van der Waals surface area contributed by atoms with Gasteiger partial charge in [-0.1, -0.05) is 27.7 Å². The maximum absolute atomic E-state index is 9.10. The Hall–Kier alpha value is -0.452. The van der Waals surface area contributed by atoms with Gasteiger partial charge in [0.1, 0.15) is 0 Å². The largest absolute Gasteiger partial charge is 2.00 e. The van der Waals surface area contributed by atoms with Gasteiger partial charge in [0.15, 0.2) is 0 Å². The standard InChI is InChI=1S/C12H26N2.C2H2O4.Pt/c1-8-7-10(13)12(5,14-6)9(2)11(8,3)4;3-1(4)2(5)6;/h8-10,14H,7,13H2,1-6H3;(H,3,4)(H,5,6);/q;;+2/t8?,9?,10-,12-;;/m1../s1. The zero-order valence-electron chi connectivity index (χ0n) is 13.5. The van der Waals surface area contributed by atoms with Crippen molar-refractivity contribution in [2.75, 3.05) is 7.05 Å². The fourth-order valence-corrected chi connectivity index (χ4v) is 2.85. The van der Waals surface area contributed by atoms with E-state index in [1.807, 2.05) is 7.05 Å². The molecule has 0 radical (unpaired) electrons. The summed E-state index contributed by atoms with van der Waals surface area (Å²) in [5, 5.41) is 18.2. The number of hydrogen-bond donors (Lipinski definition) is 4. The molecule has 1 aliphatic rings. The van der Waals surface area contributed by atoms with Crippen LogP contribution in [0.2, 0.25) is 0 Å². The van der Waals surface area contributed by atoms with Crippen LogP contribution in [-0.2, 0) is 30.7 Å². The van der Waals surface area contributed by atoms with E-state index in [9.17, 15) is 0 Å². The molecule has 1 rings (SSSR count). The molecule has 0 aromatic carbocycles. The Kier molecular flexibility index (Phi) is 8.97. The molecule has 0 bridgehead atoms. The molecule has 21 heavy (non-hydrogen) atoms. The fraction of sp³-hybridized carbons (Fsp3) is 0.857. The Labute approximate surface area is 141 Å². The Morgan fingerprint density at radius 1 is 1.14 bits per heavy atom. The Bertz CT molecular complexity index is 364. The van der Waals surface area contributed by atoms with Gasteiger partial charge in [-0.15, -0.1) is 0 Å². The molecule has 126 valence electrons. The molecule has 0 spiro atoms. The average molecular weight is 483 g/mol. The maximum atomic E-state index is 9.10. The quantitative estimate of drug-likeness (QED) is 0.417. The molecule has 4 atom stereocenters. The van der Waals surface area contributed by atoms with Gasteiger partial charge < -0.3 is 21.3 Å². The Balaban J connectivity index is 0. The summed E-state index contributed by atoms with van der Waals surface area (Å²) < 4.78 is 0. The van der Waals surface area contributed by atoms with Gasteiger partial charge in [-0.25, -0.2) is 9.59 Å². The summed E-state index contributed by atoms with van der Waals surface area (Å²) in [5.41, 5.74) is 6.71. The summed E-state index contributed by atoms with van der Waals surface area (Å²) in [6.45, 7) is 11.6. The fourth-order valence-electron chi connectivity index (χ4n) is 2.85. The van der Waals surface area contributed by atoms with Gasteiger partial charge in [-0.2, -0.15) is 0 Å². The van der Waals surface area contributed by atoms with E-state index in [-0.39, 0.29) is 32.6 Å². The van der Waals surface area contributed by atoms with Crippen LogP contribution in [0.25, 0.3) is 0 Å². The second-order valence-electron chi connectivity index (χ2n) is 6.43. The molecule has 7 heteroatoms. The van der Waals surface area contributed by atoms with E-state index in [0.29, 0.717) is 17.3 Å². The van der Waals surface area contributed by atoms with Crippen LogP contribution in [0.5, 0.6) is 0 Å². The van der Waals surface area contributed by atoms with Gasteiger partial charge in [0.2, 0.25) is 0 Å². The first-order chi connectivity index (χ1) is 8.91. The van der Waals surface area contributed by atoms with E-state index in [2.05, 4.69) is 39.9 Å². The molecule has 0 amide bonds. The second kappa shape index (κ2) is 8.25. The van der Waals surface area contributed by atoms with Crippen LogP contribution in [0.15, 0.2) is 0 Å². The third kappa shape index (κ3) is 5.04. The Morgan fingerprint density at radius 3 is 1.81 bits per heavy atom. The van der Waals surface area contributed by atoms with Crippen LogP contribution >= 0.6 is 0 Å². The summed E-state index contributed by atoms with van der Waals surface area (Å²) in [5.74, 6) is -2.35. The van der Waals surface area contributed by atoms with Crippen molar-refractivity contribution in [3.63, 3.8) is 0 Å². The van der Waals surface area contributed by atoms with E-state index in [0.717, 1.165) is 6.42 Å². The van der Waals surface area contributed by atoms with Crippen molar-refractivity contribution in [3.05, 3.63) is 0 Å². The summed E-state index contributed by atoms with van der Waals surface area (Å²) in [7, 11) is 2.03. The number of carbonyl (C=O) groups is 2. The van der Waals surface area contributed by atoms with E-state index in [1.54, 1.807) is 0 Å². The third-order valence-corrected chi connectivity index (χ3v) is 5.39. The first kappa shape index (κ1) is 22.8. The second-order valence-corrected chi connectivity index (χ2v) is 6.43. The van der Waals surface area contributed by atoms with Crippen molar-refractivity contribution >= 4 is 11.9 Å². The smallest absolute Gasteiger partial charge is 0.473 e. The molecule has 0 saturated heterocycles. The van der Waals surface area contributed by atoms with Crippen molar-refractivity contribution in [1.29, 1.82) is 0 Å². The zero-order valence-corrected chi connectivity index (χ0v) is 15.8. The minimum atomic E-state index is -1.82. The molecule has 0 aromatic rings. The molecule has 1 fully saturated rings. The topological polar surface area (TPSA) is 113 Å². The normalized spacial score (nSPS) is 34.0. The van der Waals surface area contributed by atoms with Gasteiger partial charge in [-0.05, 0) is 37.6 Å². The van der Waals surface area contributed by atoms with Crippen LogP contribution < -0.4 is 11.1 Å². The molecule has 5 N–H and O–H groups in total. The summed E-state index contributed by atoms with van der Waals surface area (Å²) in [4.78, 5) is 18.2. The minimum Gasteiger partial charge on any atom is -0.473 e. The van der Waals surface area contributed by atoms with E-state index < -0.39 is 11.9 Å². The summed E-state index contributed by atoms with van der Waals surface area (Å²) in [6, 6.07) is 0.269. The van der Waals surface area contributed by atoms with Gasteiger partial charge in [0.05, 0.1) is 0 Å². The molecule has 6 nitrogen and oxygen atoms in total. The van der Waals surface area contributed by atoms with Crippen LogP contribution in [0.1, 0.15) is 41.0 Å². The average Bonchev–Trinajstić information content (AvgIpc) is 2.35. The number of likely N-dealkylation sites (N-methyl/N-ethyl adjacent to an activating group) is 1.